The van der Waals surface area contributed by atoms with Crippen molar-refractivity contribution in [2.75, 3.05) is 12.0 Å². The molecule has 0 saturated heterocycles. The largest absolute Gasteiger partial charge is 0.480 e. The number of carboxylic acids is 1. The van der Waals surface area contributed by atoms with Crippen LogP contribution in [0.25, 0.3) is 0 Å². The summed E-state index contributed by atoms with van der Waals surface area (Å²) in [7, 11) is 0. The van der Waals surface area contributed by atoms with Gasteiger partial charge in [0, 0.05) is 6.04 Å². The van der Waals surface area contributed by atoms with Crippen LogP contribution in [0.1, 0.15) is 39.5 Å². The molecule has 1 rings (SSSR count). The summed E-state index contributed by atoms with van der Waals surface area (Å²) in [5.41, 5.74) is 0. The molecule has 3 N–H and O–H groups in total. The lowest BCUT2D eigenvalue weighted by atomic mass is 9.93. The highest BCUT2D eigenvalue weighted by atomic mass is 32.2. The molecule has 6 heteroatoms. The molecule has 0 aliphatic heterocycles. The molecule has 0 aromatic carbocycles. The zero-order valence-corrected chi connectivity index (χ0v) is 13.3. The number of urea groups is 1. The Labute approximate surface area is 125 Å². The molecule has 0 radical (unpaired) electrons. The van der Waals surface area contributed by atoms with Crippen molar-refractivity contribution in [2.45, 2.75) is 51.6 Å². The number of carbonyl (C=O) groups excluding carboxylic acids is 1. The van der Waals surface area contributed by atoms with Crippen LogP contribution in [0.5, 0.6) is 0 Å². The van der Waals surface area contributed by atoms with E-state index in [-0.39, 0.29) is 12.1 Å². The van der Waals surface area contributed by atoms with Gasteiger partial charge in [-0.05, 0) is 43.1 Å². The van der Waals surface area contributed by atoms with Gasteiger partial charge in [-0.1, -0.05) is 20.3 Å². The molecule has 4 atom stereocenters. The van der Waals surface area contributed by atoms with Gasteiger partial charge in [-0.2, -0.15) is 11.8 Å². The van der Waals surface area contributed by atoms with Gasteiger partial charge in [-0.3, -0.25) is 0 Å². The molecule has 20 heavy (non-hydrogen) atoms. The van der Waals surface area contributed by atoms with Crippen molar-refractivity contribution in [3.8, 4) is 0 Å². The molecular formula is C14H26N2O3S. The van der Waals surface area contributed by atoms with Crippen molar-refractivity contribution >= 4 is 23.8 Å². The molecule has 1 aliphatic carbocycles. The van der Waals surface area contributed by atoms with E-state index in [4.69, 9.17) is 5.11 Å². The molecule has 1 fully saturated rings. The van der Waals surface area contributed by atoms with Crippen molar-refractivity contribution in [1.29, 1.82) is 0 Å². The quantitative estimate of drug-likeness (QED) is 0.674. The van der Waals surface area contributed by atoms with Crippen LogP contribution in [-0.2, 0) is 4.79 Å². The number of hydrogen-bond donors (Lipinski definition) is 3. The first-order chi connectivity index (χ1) is 9.49. The molecule has 0 spiro atoms. The normalized spacial score (nSPS) is 27.1. The maximum atomic E-state index is 11.9. The monoisotopic (exact) mass is 302 g/mol. The number of hydrogen-bond acceptors (Lipinski definition) is 3. The van der Waals surface area contributed by atoms with Crippen molar-refractivity contribution in [1.82, 2.24) is 10.6 Å². The zero-order valence-electron chi connectivity index (χ0n) is 12.5. The molecule has 0 bridgehead atoms. The van der Waals surface area contributed by atoms with E-state index in [0.717, 1.165) is 25.0 Å². The zero-order chi connectivity index (χ0) is 15.1. The number of amides is 2. The van der Waals surface area contributed by atoms with Gasteiger partial charge >= 0.3 is 12.0 Å². The molecule has 5 nitrogen and oxygen atoms in total. The molecular weight excluding hydrogens is 276 g/mol. The second-order valence-corrected chi connectivity index (χ2v) is 6.49. The van der Waals surface area contributed by atoms with Gasteiger partial charge in [-0.15, -0.1) is 0 Å². The van der Waals surface area contributed by atoms with Gasteiger partial charge in [0.15, 0.2) is 0 Å². The Morgan fingerprint density at radius 2 is 2.10 bits per heavy atom. The lowest BCUT2D eigenvalue weighted by molar-refractivity contribution is -0.139. The van der Waals surface area contributed by atoms with Crippen molar-refractivity contribution < 1.29 is 14.7 Å². The van der Waals surface area contributed by atoms with Crippen LogP contribution in [0.15, 0.2) is 0 Å². The van der Waals surface area contributed by atoms with Crippen LogP contribution in [-0.4, -0.2) is 41.2 Å². The van der Waals surface area contributed by atoms with E-state index >= 15 is 0 Å². The van der Waals surface area contributed by atoms with Crippen LogP contribution in [0.4, 0.5) is 4.79 Å². The molecule has 1 saturated carbocycles. The Morgan fingerprint density at radius 3 is 2.60 bits per heavy atom. The number of thioether (sulfide) groups is 1. The third-order valence-electron chi connectivity index (χ3n) is 4.28. The molecule has 1 aliphatic rings. The maximum Gasteiger partial charge on any atom is 0.326 e. The number of carboxylic acid groups (broad SMARTS) is 1. The summed E-state index contributed by atoms with van der Waals surface area (Å²) < 4.78 is 0. The Hall–Kier alpha value is -0.910. The Bertz CT molecular complexity index is 338. The van der Waals surface area contributed by atoms with Crippen LogP contribution in [0.3, 0.4) is 0 Å². The molecule has 0 heterocycles. The van der Waals surface area contributed by atoms with E-state index in [0.29, 0.717) is 18.3 Å². The van der Waals surface area contributed by atoms with Crippen LogP contribution in [0, 0.1) is 11.8 Å². The Kier molecular flexibility index (Phi) is 7.19. The van der Waals surface area contributed by atoms with E-state index in [2.05, 4.69) is 24.5 Å². The van der Waals surface area contributed by atoms with Gasteiger partial charge in [0.1, 0.15) is 6.04 Å². The van der Waals surface area contributed by atoms with E-state index < -0.39 is 12.0 Å². The van der Waals surface area contributed by atoms with E-state index in [9.17, 15) is 9.59 Å². The Morgan fingerprint density at radius 1 is 1.40 bits per heavy atom. The van der Waals surface area contributed by atoms with Gasteiger partial charge in [-0.25, -0.2) is 9.59 Å². The van der Waals surface area contributed by atoms with Gasteiger partial charge in [0.25, 0.3) is 0 Å². The third-order valence-corrected chi connectivity index (χ3v) is 4.93. The fourth-order valence-corrected chi connectivity index (χ4v) is 3.36. The lowest BCUT2D eigenvalue weighted by Crippen LogP contribution is -2.50. The SMILES string of the molecule is CCC1CCC(NC(=O)N[C@H](CCSC)C(=O)O)C1C. The smallest absolute Gasteiger partial charge is 0.326 e. The Balaban J connectivity index is 2.44. The standard InChI is InChI=1S/C14H26N2O3S/c1-4-10-5-6-11(9(10)2)15-14(19)16-12(13(17)18)7-8-20-3/h9-12H,4-8H2,1-3H3,(H,17,18)(H2,15,16,19)/t9?,10?,11?,12-/m1/s1. The summed E-state index contributed by atoms with van der Waals surface area (Å²) in [4.78, 5) is 23.0. The highest BCUT2D eigenvalue weighted by Crippen LogP contribution is 2.33. The van der Waals surface area contributed by atoms with Crippen molar-refractivity contribution in [3.63, 3.8) is 0 Å². The van der Waals surface area contributed by atoms with E-state index in [1.165, 1.54) is 0 Å². The third kappa shape index (κ3) is 4.89. The minimum Gasteiger partial charge on any atom is -0.480 e. The number of carbonyl (C=O) groups is 2. The van der Waals surface area contributed by atoms with Crippen molar-refractivity contribution in [3.05, 3.63) is 0 Å². The second kappa shape index (κ2) is 8.39. The predicted octanol–water partition coefficient (Wildman–Crippen LogP) is 2.32. The molecule has 3 unspecified atom stereocenters. The van der Waals surface area contributed by atoms with Crippen LogP contribution in [0.2, 0.25) is 0 Å². The molecule has 116 valence electrons. The summed E-state index contributed by atoms with van der Waals surface area (Å²) in [6.07, 6.45) is 5.62. The van der Waals surface area contributed by atoms with E-state index in [1.54, 1.807) is 11.8 Å². The highest BCUT2D eigenvalue weighted by Gasteiger charge is 2.33. The number of rotatable bonds is 7. The molecule has 0 aromatic heterocycles. The summed E-state index contributed by atoms with van der Waals surface area (Å²) in [5, 5.41) is 14.6. The van der Waals surface area contributed by atoms with Gasteiger partial charge in [0.2, 0.25) is 0 Å². The average molecular weight is 302 g/mol. The predicted molar refractivity (Wildman–Crippen MR) is 82.1 cm³/mol. The molecule has 2 amide bonds. The maximum absolute atomic E-state index is 11.9. The summed E-state index contributed by atoms with van der Waals surface area (Å²) in [6.45, 7) is 4.33. The molecule has 0 aromatic rings. The van der Waals surface area contributed by atoms with E-state index in [1.807, 2.05) is 6.26 Å². The summed E-state index contributed by atoms with van der Waals surface area (Å²) in [6, 6.07) is -0.997. The summed E-state index contributed by atoms with van der Waals surface area (Å²) in [5.74, 6) is 0.863. The first kappa shape index (κ1) is 17.1. The number of nitrogens with one attached hydrogen (secondary N) is 2. The second-order valence-electron chi connectivity index (χ2n) is 5.50. The topological polar surface area (TPSA) is 78.4 Å². The fourth-order valence-electron chi connectivity index (χ4n) is 2.89. The summed E-state index contributed by atoms with van der Waals surface area (Å²) >= 11 is 1.58. The fraction of sp³-hybridized carbons (Fsp3) is 0.857. The first-order valence-corrected chi connectivity index (χ1v) is 8.67. The lowest BCUT2D eigenvalue weighted by Gasteiger charge is -2.22. The first-order valence-electron chi connectivity index (χ1n) is 7.28. The minimum atomic E-state index is -0.972. The highest BCUT2D eigenvalue weighted by molar-refractivity contribution is 7.98. The van der Waals surface area contributed by atoms with Crippen LogP contribution < -0.4 is 10.6 Å². The van der Waals surface area contributed by atoms with Crippen LogP contribution >= 0.6 is 11.8 Å². The van der Waals surface area contributed by atoms with Gasteiger partial charge in [0.05, 0.1) is 0 Å². The number of aliphatic carboxylic acids is 1. The van der Waals surface area contributed by atoms with Crippen molar-refractivity contribution in [2.24, 2.45) is 11.8 Å². The van der Waals surface area contributed by atoms with Gasteiger partial charge < -0.3 is 15.7 Å². The minimum absolute atomic E-state index is 0.162. The average Bonchev–Trinajstić information content (AvgIpc) is 2.75.